The van der Waals surface area contributed by atoms with Crippen molar-refractivity contribution in [2.24, 2.45) is 0 Å². The Balaban J connectivity index is 1.91. The first-order valence-corrected chi connectivity index (χ1v) is 8.23. The SMILES string of the molecule is COc1cc(-c2nc3cc4c(cc3[nH]2)OCO4)c(Br)c(OC)c1OC. The molecule has 7 nitrogen and oxygen atoms in total. The van der Waals surface area contributed by atoms with Crippen molar-refractivity contribution in [1.82, 2.24) is 9.97 Å². The van der Waals surface area contributed by atoms with Gasteiger partial charge in [0.15, 0.2) is 23.0 Å². The number of H-pyrrole nitrogens is 1. The Labute approximate surface area is 151 Å². The molecule has 0 saturated heterocycles. The second kappa shape index (κ2) is 6.03. The summed E-state index contributed by atoms with van der Waals surface area (Å²) in [5, 5.41) is 0. The number of nitrogens with zero attached hydrogens (tertiary/aromatic N) is 1. The maximum atomic E-state index is 5.48. The molecule has 130 valence electrons. The minimum absolute atomic E-state index is 0.229. The van der Waals surface area contributed by atoms with Crippen molar-refractivity contribution >= 4 is 27.0 Å². The Morgan fingerprint density at radius 1 is 1.00 bits per heavy atom. The van der Waals surface area contributed by atoms with E-state index in [0.29, 0.717) is 39.0 Å². The standard InChI is InChI=1S/C17H15BrN2O5/c1-21-13-4-8(14(18)16(23-3)15(13)22-2)17-19-9-5-11-12(25-7-24-11)6-10(9)20-17/h4-6H,7H2,1-3H3,(H,19,20). The number of aromatic nitrogens is 2. The number of ether oxygens (including phenoxy) is 5. The molecule has 0 bridgehead atoms. The third-order valence-electron chi connectivity index (χ3n) is 4.00. The van der Waals surface area contributed by atoms with Crippen LogP contribution in [0, 0.1) is 0 Å². The molecule has 3 aromatic rings. The molecular weight excluding hydrogens is 392 g/mol. The summed E-state index contributed by atoms with van der Waals surface area (Å²) in [4.78, 5) is 7.95. The van der Waals surface area contributed by atoms with E-state index in [4.69, 9.17) is 23.7 Å². The minimum atomic E-state index is 0.229. The van der Waals surface area contributed by atoms with Gasteiger partial charge in [0.05, 0.1) is 36.8 Å². The van der Waals surface area contributed by atoms with Gasteiger partial charge in [0.2, 0.25) is 12.5 Å². The lowest BCUT2D eigenvalue weighted by molar-refractivity contribution is 0.174. The molecule has 25 heavy (non-hydrogen) atoms. The van der Waals surface area contributed by atoms with Gasteiger partial charge >= 0.3 is 0 Å². The van der Waals surface area contributed by atoms with Gasteiger partial charge in [-0.1, -0.05) is 0 Å². The van der Waals surface area contributed by atoms with Gasteiger partial charge < -0.3 is 28.7 Å². The molecule has 0 amide bonds. The summed E-state index contributed by atoms with van der Waals surface area (Å²) in [5.41, 5.74) is 2.41. The first kappa shape index (κ1) is 15.9. The van der Waals surface area contributed by atoms with E-state index in [0.717, 1.165) is 16.6 Å². The van der Waals surface area contributed by atoms with E-state index in [-0.39, 0.29) is 6.79 Å². The van der Waals surface area contributed by atoms with Gasteiger partial charge in [0, 0.05) is 17.7 Å². The average molecular weight is 407 g/mol. The number of hydrogen-bond acceptors (Lipinski definition) is 6. The third-order valence-corrected chi connectivity index (χ3v) is 4.79. The molecule has 1 aromatic heterocycles. The van der Waals surface area contributed by atoms with Crippen LogP contribution in [0.15, 0.2) is 22.7 Å². The number of rotatable bonds is 4. The Morgan fingerprint density at radius 2 is 1.72 bits per heavy atom. The van der Waals surface area contributed by atoms with Gasteiger partial charge in [0.1, 0.15) is 5.82 Å². The highest BCUT2D eigenvalue weighted by molar-refractivity contribution is 9.10. The molecule has 1 N–H and O–H groups in total. The Morgan fingerprint density at radius 3 is 2.40 bits per heavy atom. The topological polar surface area (TPSA) is 74.8 Å². The van der Waals surface area contributed by atoms with E-state index in [1.165, 1.54) is 0 Å². The largest absolute Gasteiger partial charge is 0.493 e. The summed E-state index contributed by atoms with van der Waals surface area (Å²) < 4.78 is 27.8. The van der Waals surface area contributed by atoms with Crippen LogP contribution in [0.1, 0.15) is 0 Å². The van der Waals surface area contributed by atoms with Crippen molar-refractivity contribution in [2.45, 2.75) is 0 Å². The van der Waals surface area contributed by atoms with Crippen molar-refractivity contribution in [3.8, 4) is 40.1 Å². The van der Waals surface area contributed by atoms with Gasteiger partial charge in [0.25, 0.3) is 0 Å². The first-order chi connectivity index (χ1) is 12.2. The number of imidazole rings is 1. The monoisotopic (exact) mass is 406 g/mol. The Kier molecular flexibility index (Phi) is 3.84. The Bertz CT molecular complexity index is 929. The molecule has 0 spiro atoms. The molecular formula is C17H15BrN2O5. The van der Waals surface area contributed by atoms with Crippen molar-refractivity contribution in [3.63, 3.8) is 0 Å². The highest BCUT2D eigenvalue weighted by atomic mass is 79.9. The normalized spacial score (nSPS) is 12.5. The summed E-state index contributed by atoms with van der Waals surface area (Å²) >= 11 is 3.57. The lowest BCUT2D eigenvalue weighted by atomic mass is 10.1. The number of methoxy groups -OCH3 is 3. The van der Waals surface area contributed by atoms with E-state index >= 15 is 0 Å². The van der Waals surface area contributed by atoms with Gasteiger partial charge in [-0.2, -0.15) is 0 Å². The second-order valence-electron chi connectivity index (χ2n) is 5.31. The number of halogens is 1. The molecule has 0 saturated carbocycles. The van der Waals surface area contributed by atoms with Crippen LogP contribution in [0.25, 0.3) is 22.4 Å². The number of fused-ring (bicyclic) bond motifs is 2. The highest BCUT2D eigenvalue weighted by Gasteiger charge is 2.22. The van der Waals surface area contributed by atoms with E-state index in [1.54, 1.807) is 21.3 Å². The fourth-order valence-corrected chi connectivity index (χ4v) is 3.46. The van der Waals surface area contributed by atoms with Crippen LogP contribution in [-0.2, 0) is 0 Å². The molecule has 0 atom stereocenters. The van der Waals surface area contributed by atoms with Crippen molar-refractivity contribution in [2.75, 3.05) is 28.1 Å². The van der Waals surface area contributed by atoms with Gasteiger partial charge in [-0.3, -0.25) is 0 Å². The van der Waals surface area contributed by atoms with E-state index < -0.39 is 0 Å². The molecule has 4 rings (SSSR count). The Hall–Kier alpha value is -2.61. The van der Waals surface area contributed by atoms with Crippen LogP contribution < -0.4 is 23.7 Å². The van der Waals surface area contributed by atoms with E-state index in [1.807, 2.05) is 18.2 Å². The van der Waals surface area contributed by atoms with Crippen LogP contribution in [-0.4, -0.2) is 38.1 Å². The number of benzene rings is 2. The van der Waals surface area contributed by atoms with Gasteiger partial charge in [-0.15, -0.1) is 0 Å². The van der Waals surface area contributed by atoms with E-state index in [9.17, 15) is 0 Å². The quantitative estimate of drug-likeness (QED) is 0.710. The molecule has 2 aromatic carbocycles. The third kappa shape index (κ3) is 2.44. The fourth-order valence-electron chi connectivity index (χ4n) is 2.82. The summed E-state index contributed by atoms with van der Waals surface area (Å²) in [6.07, 6.45) is 0. The van der Waals surface area contributed by atoms with Crippen molar-refractivity contribution in [3.05, 3.63) is 22.7 Å². The fraction of sp³-hybridized carbons (Fsp3) is 0.235. The minimum Gasteiger partial charge on any atom is -0.493 e. The lowest BCUT2D eigenvalue weighted by Gasteiger charge is -2.15. The average Bonchev–Trinajstić information content (AvgIpc) is 3.24. The summed E-state index contributed by atoms with van der Waals surface area (Å²) in [6, 6.07) is 5.56. The zero-order valence-corrected chi connectivity index (χ0v) is 15.4. The number of nitrogens with one attached hydrogen (secondary N) is 1. The lowest BCUT2D eigenvalue weighted by Crippen LogP contribution is -1.97. The van der Waals surface area contributed by atoms with Gasteiger partial charge in [-0.05, 0) is 22.0 Å². The molecule has 2 heterocycles. The maximum absolute atomic E-state index is 5.48. The van der Waals surface area contributed by atoms with E-state index in [2.05, 4.69) is 25.9 Å². The predicted octanol–water partition coefficient (Wildman–Crippen LogP) is 3.75. The number of hydrogen-bond donors (Lipinski definition) is 1. The van der Waals surface area contributed by atoms with Crippen molar-refractivity contribution in [1.29, 1.82) is 0 Å². The molecule has 1 aliphatic heterocycles. The van der Waals surface area contributed by atoms with Crippen LogP contribution in [0.2, 0.25) is 0 Å². The molecule has 0 radical (unpaired) electrons. The zero-order chi connectivity index (χ0) is 17.6. The summed E-state index contributed by atoms with van der Waals surface area (Å²) in [6.45, 7) is 0.229. The predicted molar refractivity (Wildman–Crippen MR) is 95.0 cm³/mol. The van der Waals surface area contributed by atoms with Crippen molar-refractivity contribution < 1.29 is 23.7 Å². The van der Waals surface area contributed by atoms with Gasteiger partial charge in [-0.25, -0.2) is 4.98 Å². The maximum Gasteiger partial charge on any atom is 0.231 e. The molecule has 0 unspecified atom stereocenters. The van der Waals surface area contributed by atoms with Crippen LogP contribution in [0.5, 0.6) is 28.7 Å². The molecule has 1 aliphatic rings. The van der Waals surface area contributed by atoms with Crippen LogP contribution >= 0.6 is 15.9 Å². The number of aromatic amines is 1. The molecule has 0 aliphatic carbocycles. The summed E-state index contributed by atoms with van der Waals surface area (Å²) in [5.74, 6) is 3.64. The van der Waals surface area contributed by atoms with Crippen LogP contribution in [0.4, 0.5) is 0 Å². The molecule has 0 fully saturated rings. The second-order valence-corrected chi connectivity index (χ2v) is 6.11. The highest BCUT2D eigenvalue weighted by Crippen LogP contribution is 2.48. The first-order valence-electron chi connectivity index (χ1n) is 7.44. The smallest absolute Gasteiger partial charge is 0.231 e. The molecule has 8 heteroatoms. The van der Waals surface area contributed by atoms with Crippen LogP contribution in [0.3, 0.4) is 0 Å². The zero-order valence-electron chi connectivity index (χ0n) is 13.8. The summed E-state index contributed by atoms with van der Waals surface area (Å²) in [7, 11) is 4.71.